The molecule has 0 aliphatic carbocycles. The van der Waals surface area contributed by atoms with E-state index in [1.807, 2.05) is 60.7 Å². The summed E-state index contributed by atoms with van der Waals surface area (Å²) in [7, 11) is 0. The molecule has 0 radical (unpaired) electrons. The quantitative estimate of drug-likeness (QED) is 0.642. The number of rotatable bonds is 10. The number of para-hydroxylation sites is 1. The molecule has 0 bridgehead atoms. The number of anilines is 1. The molecule has 29 heavy (non-hydrogen) atoms. The van der Waals surface area contributed by atoms with Crippen LogP contribution in [0.2, 0.25) is 0 Å². The van der Waals surface area contributed by atoms with Gasteiger partial charge in [-0.05, 0) is 30.0 Å². The second kappa shape index (κ2) is 11.7. The number of amides is 2. The Bertz CT molecular complexity index is 813. The lowest BCUT2D eigenvalue weighted by molar-refractivity contribution is -0.125. The van der Waals surface area contributed by atoms with Gasteiger partial charge in [-0.15, -0.1) is 0 Å². The monoisotopic (exact) mass is 391 g/mol. The number of carbonyl (C=O) groups is 2. The van der Waals surface area contributed by atoms with Gasteiger partial charge in [0.1, 0.15) is 0 Å². The van der Waals surface area contributed by atoms with E-state index in [4.69, 9.17) is 5.26 Å². The summed E-state index contributed by atoms with van der Waals surface area (Å²) >= 11 is 0. The van der Waals surface area contributed by atoms with Crippen LogP contribution in [0.15, 0.2) is 60.7 Å². The highest BCUT2D eigenvalue weighted by Gasteiger charge is 2.19. The van der Waals surface area contributed by atoms with Crippen molar-refractivity contribution in [1.82, 2.24) is 5.32 Å². The van der Waals surface area contributed by atoms with Gasteiger partial charge < -0.3 is 10.2 Å². The van der Waals surface area contributed by atoms with Crippen molar-refractivity contribution < 1.29 is 9.59 Å². The lowest BCUT2D eigenvalue weighted by Gasteiger charge is -2.23. The number of nitrogens with one attached hydrogen (secondary N) is 1. The van der Waals surface area contributed by atoms with E-state index in [0.29, 0.717) is 12.5 Å². The smallest absolute Gasteiger partial charge is 0.227 e. The summed E-state index contributed by atoms with van der Waals surface area (Å²) in [5.41, 5.74) is 1.82. The van der Waals surface area contributed by atoms with Crippen LogP contribution in [0.1, 0.15) is 51.1 Å². The molecule has 0 saturated carbocycles. The van der Waals surface area contributed by atoms with Crippen molar-refractivity contribution in [2.45, 2.75) is 45.6 Å². The first kappa shape index (κ1) is 22.2. The number of hydrogen-bond acceptors (Lipinski definition) is 3. The van der Waals surface area contributed by atoms with E-state index in [1.165, 1.54) is 0 Å². The highest BCUT2D eigenvalue weighted by molar-refractivity contribution is 5.95. The zero-order chi connectivity index (χ0) is 21.1. The Kier molecular flexibility index (Phi) is 8.91. The van der Waals surface area contributed by atoms with Crippen molar-refractivity contribution in [3.63, 3.8) is 0 Å². The van der Waals surface area contributed by atoms with Crippen molar-refractivity contribution in [2.24, 2.45) is 5.92 Å². The van der Waals surface area contributed by atoms with Crippen LogP contribution in [0.3, 0.4) is 0 Å². The van der Waals surface area contributed by atoms with Crippen LogP contribution in [0.4, 0.5) is 5.69 Å². The fourth-order valence-electron chi connectivity index (χ4n) is 3.22. The Morgan fingerprint density at radius 3 is 2.21 bits per heavy atom. The largest absolute Gasteiger partial charge is 0.349 e. The van der Waals surface area contributed by atoms with Gasteiger partial charge >= 0.3 is 0 Å². The van der Waals surface area contributed by atoms with Gasteiger partial charge in [0.15, 0.2) is 0 Å². The first-order valence-electron chi connectivity index (χ1n) is 10.1. The molecule has 0 aromatic heterocycles. The molecular formula is C24H29N3O2. The molecule has 1 unspecified atom stereocenters. The summed E-state index contributed by atoms with van der Waals surface area (Å²) in [6.07, 6.45) is 1.31. The van der Waals surface area contributed by atoms with E-state index in [-0.39, 0.29) is 37.1 Å². The number of benzene rings is 2. The van der Waals surface area contributed by atoms with Crippen molar-refractivity contribution in [1.29, 1.82) is 5.26 Å². The molecular weight excluding hydrogens is 362 g/mol. The van der Waals surface area contributed by atoms with Gasteiger partial charge in [-0.25, -0.2) is 0 Å². The van der Waals surface area contributed by atoms with Gasteiger partial charge in [0, 0.05) is 25.1 Å². The topological polar surface area (TPSA) is 73.2 Å². The van der Waals surface area contributed by atoms with Gasteiger partial charge in [0.2, 0.25) is 11.8 Å². The Labute approximate surface area is 173 Å². The SMILES string of the molecule is CC(C)CC(NC(=O)CCC(=O)N(CCC#N)c1ccccc1)c1ccccc1. The summed E-state index contributed by atoms with van der Waals surface area (Å²) < 4.78 is 0. The molecule has 5 heteroatoms. The second-order valence-electron chi connectivity index (χ2n) is 7.45. The van der Waals surface area contributed by atoms with E-state index in [0.717, 1.165) is 17.7 Å². The molecule has 0 saturated heterocycles. The minimum Gasteiger partial charge on any atom is -0.349 e. The Balaban J connectivity index is 1.98. The number of hydrogen-bond donors (Lipinski definition) is 1. The highest BCUT2D eigenvalue weighted by atomic mass is 16.2. The average Bonchev–Trinajstić information content (AvgIpc) is 2.73. The molecule has 152 valence electrons. The van der Waals surface area contributed by atoms with E-state index >= 15 is 0 Å². The lowest BCUT2D eigenvalue weighted by Crippen LogP contribution is -2.34. The molecule has 1 atom stereocenters. The molecule has 2 rings (SSSR count). The summed E-state index contributed by atoms with van der Waals surface area (Å²) in [4.78, 5) is 26.9. The molecule has 0 heterocycles. The van der Waals surface area contributed by atoms with E-state index < -0.39 is 0 Å². The first-order chi connectivity index (χ1) is 14.0. The third-order valence-corrected chi connectivity index (χ3v) is 4.63. The van der Waals surface area contributed by atoms with Crippen LogP contribution in [-0.2, 0) is 9.59 Å². The van der Waals surface area contributed by atoms with Crippen molar-refractivity contribution >= 4 is 17.5 Å². The van der Waals surface area contributed by atoms with Crippen molar-refractivity contribution in [2.75, 3.05) is 11.4 Å². The van der Waals surface area contributed by atoms with Crippen LogP contribution in [0, 0.1) is 17.2 Å². The van der Waals surface area contributed by atoms with Gasteiger partial charge in [0.25, 0.3) is 0 Å². The normalized spacial score (nSPS) is 11.5. The molecule has 2 amide bonds. The zero-order valence-corrected chi connectivity index (χ0v) is 17.2. The van der Waals surface area contributed by atoms with Crippen LogP contribution in [0.25, 0.3) is 0 Å². The van der Waals surface area contributed by atoms with E-state index in [9.17, 15) is 9.59 Å². The summed E-state index contributed by atoms with van der Waals surface area (Å²) in [5.74, 6) is 0.143. The van der Waals surface area contributed by atoms with Crippen LogP contribution in [-0.4, -0.2) is 18.4 Å². The Morgan fingerprint density at radius 1 is 1.00 bits per heavy atom. The third-order valence-electron chi connectivity index (χ3n) is 4.63. The molecule has 2 aromatic carbocycles. The third kappa shape index (κ3) is 7.42. The number of nitrogens with zero attached hydrogens (tertiary/aromatic N) is 2. The fourth-order valence-corrected chi connectivity index (χ4v) is 3.22. The van der Waals surface area contributed by atoms with E-state index in [2.05, 4.69) is 25.2 Å². The maximum absolute atomic E-state index is 12.7. The summed E-state index contributed by atoms with van der Waals surface area (Å²) in [6.45, 7) is 4.57. The molecule has 0 aliphatic heterocycles. The van der Waals surface area contributed by atoms with Crippen LogP contribution < -0.4 is 10.2 Å². The van der Waals surface area contributed by atoms with Gasteiger partial charge in [-0.2, -0.15) is 5.26 Å². The standard InChI is InChI=1S/C24H29N3O2/c1-19(2)18-22(20-10-5-3-6-11-20)26-23(28)14-15-24(29)27(17-9-16-25)21-12-7-4-8-13-21/h3-8,10-13,19,22H,9,14-15,17-18H2,1-2H3,(H,26,28). The fraction of sp³-hybridized carbons (Fsp3) is 0.375. The van der Waals surface area contributed by atoms with Gasteiger partial charge in [-0.3, -0.25) is 9.59 Å². The first-order valence-corrected chi connectivity index (χ1v) is 10.1. The van der Waals surface area contributed by atoms with Crippen molar-refractivity contribution in [3.05, 3.63) is 66.2 Å². The molecule has 5 nitrogen and oxygen atoms in total. The lowest BCUT2D eigenvalue weighted by atomic mass is 9.97. The molecule has 0 aliphatic rings. The predicted octanol–water partition coefficient (Wildman–Crippen LogP) is 4.62. The molecule has 1 N–H and O–H groups in total. The van der Waals surface area contributed by atoms with Gasteiger partial charge in [0.05, 0.1) is 18.5 Å². The number of carbonyl (C=O) groups excluding carboxylic acids is 2. The zero-order valence-electron chi connectivity index (χ0n) is 17.2. The minimum atomic E-state index is -0.151. The number of nitriles is 1. The maximum Gasteiger partial charge on any atom is 0.227 e. The summed E-state index contributed by atoms with van der Waals surface area (Å²) in [5, 5.41) is 12.0. The van der Waals surface area contributed by atoms with E-state index in [1.54, 1.807) is 4.90 Å². The Hall–Kier alpha value is -3.13. The van der Waals surface area contributed by atoms with Crippen molar-refractivity contribution in [3.8, 4) is 6.07 Å². The van der Waals surface area contributed by atoms with Crippen LogP contribution >= 0.6 is 0 Å². The van der Waals surface area contributed by atoms with Crippen LogP contribution in [0.5, 0.6) is 0 Å². The molecule has 2 aromatic rings. The minimum absolute atomic E-state index is 0.0670. The summed E-state index contributed by atoms with van der Waals surface area (Å²) in [6, 6.07) is 21.2. The second-order valence-corrected chi connectivity index (χ2v) is 7.45. The Morgan fingerprint density at radius 2 is 1.62 bits per heavy atom. The van der Waals surface area contributed by atoms with Gasteiger partial charge in [-0.1, -0.05) is 62.4 Å². The predicted molar refractivity (Wildman–Crippen MR) is 115 cm³/mol. The molecule has 0 spiro atoms. The average molecular weight is 392 g/mol. The maximum atomic E-state index is 12.7. The molecule has 0 fully saturated rings. The highest BCUT2D eigenvalue weighted by Crippen LogP contribution is 2.21.